The summed E-state index contributed by atoms with van der Waals surface area (Å²) in [4.78, 5) is 38.3. The van der Waals surface area contributed by atoms with Crippen molar-refractivity contribution in [3.05, 3.63) is 170 Å². The highest BCUT2D eigenvalue weighted by Crippen LogP contribution is 2.15. The maximum absolute atomic E-state index is 12.9. The van der Waals surface area contributed by atoms with Gasteiger partial charge in [-0.05, 0) is 128 Å². The highest BCUT2D eigenvalue weighted by molar-refractivity contribution is 5.71. The molecule has 1 unspecified atom stereocenters. The van der Waals surface area contributed by atoms with E-state index >= 15 is 0 Å². The summed E-state index contributed by atoms with van der Waals surface area (Å²) in [5, 5.41) is 0. The van der Waals surface area contributed by atoms with Crippen LogP contribution in [0.1, 0.15) is 258 Å². The molecule has 0 aliphatic carbocycles. The van der Waals surface area contributed by atoms with Crippen LogP contribution in [0.15, 0.2) is 170 Å². The molecule has 0 aliphatic heterocycles. The molecule has 0 N–H and O–H groups in total. The Kier molecular flexibility index (Phi) is 61.9. The van der Waals surface area contributed by atoms with Crippen LogP contribution in [0.3, 0.4) is 0 Å². The molecule has 0 aromatic carbocycles. The molecule has 448 valence electrons. The number of hydrogen-bond acceptors (Lipinski definition) is 6. The molecule has 0 saturated carbocycles. The van der Waals surface area contributed by atoms with Crippen molar-refractivity contribution in [3.8, 4) is 0 Å². The SMILES string of the molecule is CC/C=C\C/C=C\C/C=C\C/C=C\C/C=C\C/C=C\C/C=C\CCCCCC(=O)OCC(COC(=O)CCCCCCCCCCCCCCCC)OC(=O)CCC/C=C\C/C=C\C/C=C\C/C=C\C/C=C\C/C=C\C/C=C\CC. The lowest BCUT2D eigenvalue weighted by molar-refractivity contribution is -0.167. The molecular weight excluding hydrogens is 985 g/mol. The second-order valence-corrected chi connectivity index (χ2v) is 20.6. The van der Waals surface area contributed by atoms with Gasteiger partial charge in [0.15, 0.2) is 6.10 Å². The first kappa shape index (κ1) is 74.8. The smallest absolute Gasteiger partial charge is 0.306 e. The van der Waals surface area contributed by atoms with Gasteiger partial charge in [-0.2, -0.15) is 0 Å². The van der Waals surface area contributed by atoms with Crippen LogP contribution in [0, 0.1) is 0 Å². The Bertz CT molecular complexity index is 1840. The van der Waals surface area contributed by atoms with Crippen LogP contribution in [-0.4, -0.2) is 37.2 Å². The number of esters is 3. The van der Waals surface area contributed by atoms with Gasteiger partial charge in [0.05, 0.1) is 0 Å². The largest absolute Gasteiger partial charge is 0.462 e. The first-order chi connectivity index (χ1) is 39.5. The number of ether oxygens (including phenoxy) is 3. The average molecular weight is 1100 g/mol. The topological polar surface area (TPSA) is 78.9 Å². The van der Waals surface area contributed by atoms with E-state index in [2.05, 4.69) is 191 Å². The first-order valence-corrected chi connectivity index (χ1v) is 32.1. The lowest BCUT2D eigenvalue weighted by atomic mass is 10.0. The molecule has 0 bridgehead atoms. The van der Waals surface area contributed by atoms with Gasteiger partial charge in [-0.15, -0.1) is 0 Å². The fourth-order valence-electron chi connectivity index (χ4n) is 8.23. The van der Waals surface area contributed by atoms with Crippen molar-refractivity contribution in [2.45, 2.75) is 264 Å². The van der Waals surface area contributed by atoms with E-state index in [1.165, 1.54) is 70.6 Å². The van der Waals surface area contributed by atoms with Gasteiger partial charge < -0.3 is 14.2 Å². The monoisotopic (exact) mass is 1100 g/mol. The second-order valence-electron chi connectivity index (χ2n) is 20.6. The Morgan fingerprint density at radius 2 is 0.500 bits per heavy atom. The highest BCUT2D eigenvalue weighted by atomic mass is 16.6. The van der Waals surface area contributed by atoms with Crippen LogP contribution >= 0.6 is 0 Å². The van der Waals surface area contributed by atoms with E-state index in [1.807, 2.05) is 0 Å². The maximum Gasteiger partial charge on any atom is 0.306 e. The zero-order chi connectivity index (χ0) is 57.8. The van der Waals surface area contributed by atoms with Gasteiger partial charge in [0, 0.05) is 19.3 Å². The Morgan fingerprint density at radius 1 is 0.263 bits per heavy atom. The third-order valence-electron chi connectivity index (χ3n) is 13.0. The normalized spacial score (nSPS) is 13.3. The predicted octanol–water partition coefficient (Wildman–Crippen LogP) is 22.3. The minimum atomic E-state index is -0.832. The van der Waals surface area contributed by atoms with E-state index in [1.54, 1.807) is 0 Å². The van der Waals surface area contributed by atoms with Crippen molar-refractivity contribution in [2.24, 2.45) is 0 Å². The summed E-state index contributed by atoms with van der Waals surface area (Å²) in [5.74, 6) is -1.02. The molecule has 0 radical (unpaired) electrons. The van der Waals surface area contributed by atoms with E-state index in [9.17, 15) is 14.4 Å². The molecule has 0 spiro atoms. The highest BCUT2D eigenvalue weighted by Gasteiger charge is 2.19. The van der Waals surface area contributed by atoms with Gasteiger partial charge in [-0.3, -0.25) is 14.4 Å². The van der Waals surface area contributed by atoms with Crippen LogP contribution in [0.2, 0.25) is 0 Å². The second kappa shape index (κ2) is 66.3. The van der Waals surface area contributed by atoms with Crippen molar-refractivity contribution >= 4 is 17.9 Å². The van der Waals surface area contributed by atoms with Crippen LogP contribution in [0.4, 0.5) is 0 Å². The average Bonchev–Trinajstić information content (AvgIpc) is 3.46. The summed E-state index contributed by atoms with van der Waals surface area (Å²) in [7, 11) is 0. The third-order valence-corrected chi connectivity index (χ3v) is 13.0. The van der Waals surface area contributed by atoms with Gasteiger partial charge in [-0.1, -0.05) is 281 Å². The van der Waals surface area contributed by atoms with Gasteiger partial charge in [-0.25, -0.2) is 0 Å². The Morgan fingerprint density at radius 3 is 0.800 bits per heavy atom. The van der Waals surface area contributed by atoms with Crippen LogP contribution in [0.25, 0.3) is 0 Å². The minimum Gasteiger partial charge on any atom is -0.462 e. The summed E-state index contributed by atoms with van der Waals surface area (Å²) in [5.41, 5.74) is 0. The van der Waals surface area contributed by atoms with Crippen LogP contribution in [-0.2, 0) is 28.6 Å². The van der Waals surface area contributed by atoms with Crippen molar-refractivity contribution in [1.29, 1.82) is 0 Å². The van der Waals surface area contributed by atoms with Crippen LogP contribution in [0.5, 0.6) is 0 Å². The molecule has 0 heterocycles. The zero-order valence-corrected chi connectivity index (χ0v) is 51.3. The summed E-state index contributed by atoms with van der Waals surface area (Å²) in [6.45, 7) is 6.34. The molecule has 6 nitrogen and oxygen atoms in total. The summed E-state index contributed by atoms with van der Waals surface area (Å²) in [6, 6.07) is 0. The standard InChI is InChI=1S/C74H116O6/c1-4-7-10-13-16-19-22-25-28-30-32-34-36-37-39-40-42-44-46-49-52-55-58-61-64-67-73(76)79-70-71(69-78-72(75)66-63-60-57-54-51-48-27-24-21-18-15-12-9-6-3)80-74(77)68-65-62-59-56-53-50-47-45-43-41-38-35-33-31-29-26-23-20-17-14-11-8-5-2/h7-8,10-11,16-17,19-20,25-26,28-29,32-35,37,39,41-44,47,49-50,52,56,59,71H,4-6,9,12-15,18,21-24,27,30-31,36,38,40,45-46,48,51,53-55,57-58,60-70H2,1-3H3/b10-7-,11-8-,19-16-,20-17-,28-25-,29-26-,34-32-,35-33-,39-37-,43-41-,44-42-,50-47-,52-49-,59-56-. The van der Waals surface area contributed by atoms with Gasteiger partial charge >= 0.3 is 17.9 Å². The van der Waals surface area contributed by atoms with E-state index < -0.39 is 6.10 Å². The van der Waals surface area contributed by atoms with E-state index in [4.69, 9.17) is 14.2 Å². The van der Waals surface area contributed by atoms with Crippen molar-refractivity contribution < 1.29 is 28.6 Å². The predicted molar refractivity (Wildman–Crippen MR) is 348 cm³/mol. The third kappa shape index (κ3) is 63.6. The molecule has 1 atom stereocenters. The molecule has 0 saturated heterocycles. The summed E-state index contributed by atoms with van der Waals surface area (Å²) >= 11 is 0. The molecule has 0 rings (SSSR count). The quantitative estimate of drug-likeness (QED) is 0.0261. The number of unbranched alkanes of at least 4 members (excludes halogenated alkanes) is 17. The van der Waals surface area contributed by atoms with Crippen molar-refractivity contribution in [2.75, 3.05) is 13.2 Å². The van der Waals surface area contributed by atoms with Gasteiger partial charge in [0.25, 0.3) is 0 Å². The zero-order valence-electron chi connectivity index (χ0n) is 51.3. The van der Waals surface area contributed by atoms with E-state index in [0.717, 1.165) is 141 Å². The Labute approximate surface area is 492 Å². The van der Waals surface area contributed by atoms with Crippen molar-refractivity contribution in [1.82, 2.24) is 0 Å². The number of allylic oxidation sites excluding steroid dienone is 28. The summed E-state index contributed by atoms with van der Waals surface area (Å²) < 4.78 is 16.8. The van der Waals surface area contributed by atoms with Crippen molar-refractivity contribution in [3.63, 3.8) is 0 Å². The number of carbonyl (C=O) groups is 3. The van der Waals surface area contributed by atoms with Crippen LogP contribution < -0.4 is 0 Å². The minimum absolute atomic E-state index is 0.118. The van der Waals surface area contributed by atoms with E-state index in [-0.39, 0.29) is 37.5 Å². The fourth-order valence-corrected chi connectivity index (χ4v) is 8.23. The lowest BCUT2D eigenvalue weighted by Gasteiger charge is -2.18. The molecule has 0 aromatic rings. The molecule has 0 amide bonds. The van der Waals surface area contributed by atoms with Gasteiger partial charge in [0.2, 0.25) is 0 Å². The molecular formula is C74H116O6. The summed E-state index contributed by atoms with van der Waals surface area (Å²) in [6.07, 6.45) is 97.9. The molecule has 0 aliphatic rings. The fraction of sp³-hybridized carbons (Fsp3) is 0.581. The Hall–Kier alpha value is -5.23. The number of hydrogen-bond donors (Lipinski definition) is 0. The number of rotatable bonds is 56. The molecule has 80 heavy (non-hydrogen) atoms. The lowest BCUT2D eigenvalue weighted by Crippen LogP contribution is -2.30. The van der Waals surface area contributed by atoms with E-state index in [0.29, 0.717) is 19.3 Å². The Balaban J connectivity index is 4.56. The first-order valence-electron chi connectivity index (χ1n) is 32.1. The maximum atomic E-state index is 12.9. The molecule has 0 fully saturated rings. The van der Waals surface area contributed by atoms with Gasteiger partial charge in [0.1, 0.15) is 13.2 Å². The molecule has 0 aromatic heterocycles. The molecule has 6 heteroatoms. The number of carbonyl (C=O) groups excluding carboxylic acids is 3.